The lowest BCUT2D eigenvalue weighted by Gasteiger charge is -2.57. The molecule has 3 heteroatoms. The zero-order chi connectivity index (χ0) is 20.1. The van der Waals surface area contributed by atoms with Crippen LogP contribution in [0.2, 0.25) is 0 Å². The Morgan fingerprint density at radius 3 is 2.71 bits per heavy atom. The van der Waals surface area contributed by atoms with Crippen LogP contribution in [0.4, 0.5) is 0 Å². The van der Waals surface area contributed by atoms with Gasteiger partial charge in [-0.15, -0.1) is 0 Å². The van der Waals surface area contributed by atoms with Crippen molar-refractivity contribution in [1.82, 2.24) is 0 Å². The minimum Gasteiger partial charge on any atom is -0.481 e. The Morgan fingerprint density at radius 1 is 1.32 bits per heavy atom. The van der Waals surface area contributed by atoms with E-state index in [2.05, 4.69) is 26.5 Å². The van der Waals surface area contributed by atoms with E-state index in [-0.39, 0.29) is 0 Å². The first-order chi connectivity index (χ1) is 13.4. The topological polar surface area (TPSA) is 61.1 Å². The number of allylic oxidation sites excluding steroid dienone is 3. The SMILES string of the molecule is C=C1CC2C(CC[C@](CC)(CCCC(=O)O)C2[C@H]2C[C@H]2C)C2CCC(=N)C=C12. The van der Waals surface area contributed by atoms with Crippen molar-refractivity contribution in [3.63, 3.8) is 0 Å². The number of carboxylic acid groups (broad SMARTS) is 1. The standard InChI is InChI=1S/C25H37NO2/c1-4-25(10-5-6-23(27)28)11-9-19-18-8-7-17(26)14-20(18)15(2)13-22(19)24(25)21-12-16(21)3/h14,16,18-19,21-22,24,26H,2,4-13H2,1,3H3,(H,27,28)/t16-,18?,19?,21+,22?,24?,25+/m1/s1. The van der Waals surface area contributed by atoms with Gasteiger partial charge in [-0.05, 0) is 104 Å². The highest BCUT2D eigenvalue weighted by molar-refractivity contribution is 5.94. The monoisotopic (exact) mass is 383 g/mol. The van der Waals surface area contributed by atoms with Gasteiger partial charge in [-0.25, -0.2) is 0 Å². The average Bonchev–Trinajstić information content (AvgIpc) is 3.37. The van der Waals surface area contributed by atoms with Gasteiger partial charge in [-0.1, -0.05) is 32.4 Å². The second-order valence-electron chi connectivity index (χ2n) is 10.3. The highest BCUT2D eigenvalue weighted by Crippen LogP contribution is 2.66. The van der Waals surface area contributed by atoms with Gasteiger partial charge < -0.3 is 10.5 Å². The fraction of sp³-hybridized carbons (Fsp3) is 0.760. The molecular formula is C25H37NO2. The van der Waals surface area contributed by atoms with Gasteiger partial charge in [0, 0.05) is 12.1 Å². The summed E-state index contributed by atoms with van der Waals surface area (Å²) >= 11 is 0. The summed E-state index contributed by atoms with van der Waals surface area (Å²) in [7, 11) is 0. The third kappa shape index (κ3) is 3.39. The second kappa shape index (κ2) is 7.46. The molecule has 3 fully saturated rings. The van der Waals surface area contributed by atoms with Gasteiger partial charge in [0.25, 0.3) is 0 Å². The fourth-order valence-corrected chi connectivity index (χ4v) is 7.47. The van der Waals surface area contributed by atoms with E-state index in [1.807, 2.05) is 0 Å². The normalized spacial score (nSPS) is 42.4. The molecule has 4 aliphatic carbocycles. The van der Waals surface area contributed by atoms with Crippen LogP contribution in [0.15, 0.2) is 23.8 Å². The van der Waals surface area contributed by atoms with Crippen LogP contribution in [0.3, 0.4) is 0 Å². The van der Waals surface area contributed by atoms with Gasteiger partial charge in [0.05, 0.1) is 0 Å². The summed E-state index contributed by atoms with van der Waals surface area (Å²) in [6.07, 6.45) is 12.6. The summed E-state index contributed by atoms with van der Waals surface area (Å²) in [4.78, 5) is 11.1. The van der Waals surface area contributed by atoms with Crippen LogP contribution in [0.25, 0.3) is 0 Å². The predicted octanol–water partition coefficient (Wildman–Crippen LogP) is 6.25. The Labute approximate surface area is 170 Å². The summed E-state index contributed by atoms with van der Waals surface area (Å²) in [6.45, 7) is 9.24. The molecule has 3 nitrogen and oxygen atoms in total. The molecule has 0 aromatic carbocycles. The minimum absolute atomic E-state index is 0.313. The molecular weight excluding hydrogens is 346 g/mol. The van der Waals surface area contributed by atoms with E-state index in [0.717, 1.165) is 67.4 Å². The van der Waals surface area contributed by atoms with E-state index >= 15 is 0 Å². The zero-order valence-electron chi connectivity index (χ0n) is 17.7. The van der Waals surface area contributed by atoms with Crippen molar-refractivity contribution in [3.05, 3.63) is 23.8 Å². The van der Waals surface area contributed by atoms with Crippen molar-refractivity contribution >= 4 is 11.7 Å². The summed E-state index contributed by atoms with van der Waals surface area (Å²) in [5, 5.41) is 17.3. The molecule has 3 saturated carbocycles. The van der Waals surface area contributed by atoms with Crippen LogP contribution in [-0.2, 0) is 4.79 Å². The Morgan fingerprint density at radius 2 is 2.07 bits per heavy atom. The van der Waals surface area contributed by atoms with Crippen molar-refractivity contribution in [3.8, 4) is 0 Å². The van der Waals surface area contributed by atoms with Crippen molar-refractivity contribution in [2.45, 2.75) is 78.1 Å². The maximum Gasteiger partial charge on any atom is 0.303 e. The van der Waals surface area contributed by atoms with Crippen LogP contribution in [0.1, 0.15) is 78.1 Å². The van der Waals surface area contributed by atoms with Crippen LogP contribution in [0, 0.1) is 46.3 Å². The van der Waals surface area contributed by atoms with E-state index < -0.39 is 5.97 Å². The van der Waals surface area contributed by atoms with Crippen molar-refractivity contribution in [1.29, 1.82) is 5.41 Å². The third-order valence-electron chi connectivity index (χ3n) is 8.96. The number of rotatable bonds is 6. The maximum absolute atomic E-state index is 11.1. The van der Waals surface area contributed by atoms with Gasteiger partial charge in [0.15, 0.2) is 0 Å². The molecule has 4 unspecified atom stereocenters. The lowest BCUT2D eigenvalue weighted by Crippen LogP contribution is -2.49. The highest BCUT2D eigenvalue weighted by atomic mass is 16.4. The molecule has 4 aliphatic rings. The number of hydrogen-bond donors (Lipinski definition) is 2. The molecule has 0 amide bonds. The molecule has 2 N–H and O–H groups in total. The van der Waals surface area contributed by atoms with E-state index in [1.165, 1.54) is 36.8 Å². The molecule has 0 spiro atoms. The molecule has 0 radical (unpaired) electrons. The Bertz CT molecular complexity index is 707. The highest BCUT2D eigenvalue weighted by Gasteiger charge is 2.58. The van der Waals surface area contributed by atoms with Crippen molar-refractivity contribution in [2.24, 2.45) is 40.9 Å². The van der Waals surface area contributed by atoms with E-state index in [4.69, 9.17) is 10.5 Å². The van der Waals surface area contributed by atoms with E-state index in [0.29, 0.717) is 17.8 Å². The molecule has 0 heterocycles. The van der Waals surface area contributed by atoms with E-state index in [9.17, 15) is 4.79 Å². The maximum atomic E-state index is 11.1. The Balaban J connectivity index is 1.63. The van der Waals surface area contributed by atoms with Crippen molar-refractivity contribution in [2.75, 3.05) is 0 Å². The predicted molar refractivity (Wildman–Crippen MR) is 113 cm³/mol. The second-order valence-corrected chi connectivity index (χ2v) is 10.3. The summed E-state index contributed by atoms with van der Waals surface area (Å²) in [5.74, 6) is 3.83. The number of fused-ring (bicyclic) bond motifs is 3. The zero-order valence-corrected chi connectivity index (χ0v) is 17.7. The molecule has 154 valence electrons. The van der Waals surface area contributed by atoms with Crippen molar-refractivity contribution < 1.29 is 9.90 Å². The van der Waals surface area contributed by atoms with E-state index in [1.54, 1.807) is 0 Å². The minimum atomic E-state index is -0.651. The Hall–Kier alpha value is -1.38. The lowest BCUT2D eigenvalue weighted by molar-refractivity contribution is -0.137. The Kier molecular flexibility index (Phi) is 5.31. The summed E-state index contributed by atoms with van der Waals surface area (Å²) < 4.78 is 0. The molecule has 0 aliphatic heterocycles. The van der Waals surface area contributed by atoms with Crippen LogP contribution >= 0.6 is 0 Å². The first kappa shape index (κ1) is 19.9. The molecule has 0 aromatic rings. The number of carbonyl (C=O) groups is 1. The molecule has 28 heavy (non-hydrogen) atoms. The fourth-order valence-electron chi connectivity index (χ4n) is 7.47. The molecule has 0 bridgehead atoms. The largest absolute Gasteiger partial charge is 0.481 e. The first-order valence-corrected chi connectivity index (χ1v) is 11.5. The number of hydrogen-bond acceptors (Lipinski definition) is 2. The van der Waals surface area contributed by atoms with Gasteiger partial charge in [0.2, 0.25) is 0 Å². The van der Waals surface area contributed by atoms with Gasteiger partial charge in [-0.3, -0.25) is 4.79 Å². The quantitative estimate of drug-likeness (QED) is 0.569. The summed E-state index contributed by atoms with van der Waals surface area (Å²) in [6, 6.07) is 0. The number of nitrogens with one attached hydrogen (secondary N) is 1. The average molecular weight is 384 g/mol. The number of aliphatic carboxylic acids is 1. The first-order valence-electron chi connectivity index (χ1n) is 11.5. The smallest absolute Gasteiger partial charge is 0.303 e. The van der Waals surface area contributed by atoms with Gasteiger partial charge in [-0.2, -0.15) is 0 Å². The molecule has 0 saturated heterocycles. The molecule has 0 aromatic heterocycles. The molecule has 4 rings (SSSR count). The van der Waals surface area contributed by atoms with Crippen LogP contribution < -0.4 is 0 Å². The van der Waals surface area contributed by atoms with Gasteiger partial charge >= 0.3 is 5.97 Å². The molecule has 7 atom stereocenters. The van der Waals surface area contributed by atoms with Crippen LogP contribution in [0.5, 0.6) is 0 Å². The number of carboxylic acids is 1. The van der Waals surface area contributed by atoms with Crippen LogP contribution in [-0.4, -0.2) is 16.8 Å². The summed E-state index contributed by atoms with van der Waals surface area (Å²) in [5.41, 5.74) is 3.81. The third-order valence-corrected chi connectivity index (χ3v) is 8.96. The lowest BCUT2D eigenvalue weighted by atomic mass is 9.48. The van der Waals surface area contributed by atoms with Gasteiger partial charge in [0.1, 0.15) is 0 Å².